The summed E-state index contributed by atoms with van der Waals surface area (Å²) in [5.74, 6) is 0.0307. The highest BCUT2D eigenvalue weighted by molar-refractivity contribution is 7.08. The number of thiophene rings is 1. The van der Waals surface area contributed by atoms with Gasteiger partial charge in [-0.1, -0.05) is 18.2 Å². The lowest BCUT2D eigenvalue weighted by molar-refractivity contribution is -0.142. The number of ether oxygens (including phenoxy) is 1. The van der Waals surface area contributed by atoms with E-state index in [1.807, 2.05) is 50.9 Å². The molecule has 29 heavy (non-hydrogen) atoms. The lowest BCUT2D eigenvalue weighted by atomic mass is 9.89. The molecule has 2 unspecified atom stereocenters. The first kappa shape index (κ1) is 18.3. The Kier molecular flexibility index (Phi) is 4.41. The fourth-order valence-electron chi connectivity index (χ4n) is 4.83. The van der Waals surface area contributed by atoms with E-state index < -0.39 is 5.60 Å². The molecule has 3 saturated heterocycles. The number of carbonyl (C=O) groups is 2. The SMILES string of the molecule is [C-]#[N+]c1cscc1C1CCC2OC3(CCN(C(=O)c4ccccc4)CC3)C(=O)N21. The Labute approximate surface area is 173 Å². The quantitative estimate of drug-likeness (QED) is 0.708. The maximum absolute atomic E-state index is 13.4. The van der Waals surface area contributed by atoms with E-state index in [1.165, 1.54) is 11.3 Å². The van der Waals surface area contributed by atoms with Gasteiger partial charge in [-0.3, -0.25) is 9.59 Å². The van der Waals surface area contributed by atoms with Gasteiger partial charge in [0.05, 0.1) is 12.6 Å². The average molecular weight is 407 g/mol. The molecular formula is C22H21N3O3S. The second-order valence-corrected chi connectivity index (χ2v) is 8.60. The summed E-state index contributed by atoms with van der Waals surface area (Å²) in [6.07, 6.45) is 2.43. The first-order chi connectivity index (χ1) is 14.1. The van der Waals surface area contributed by atoms with Crippen LogP contribution in [0.15, 0.2) is 41.1 Å². The van der Waals surface area contributed by atoms with Crippen LogP contribution in [-0.2, 0) is 9.53 Å². The number of hydrogen-bond acceptors (Lipinski definition) is 4. The first-order valence-electron chi connectivity index (χ1n) is 9.91. The largest absolute Gasteiger partial charge is 0.342 e. The van der Waals surface area contributed by atoms with Gasteiger partial charge in [0.25, 0.3) is 11.8 Å². The topological polar surface area (TPSA) is 54.2 Å². The van der Waals surface area contributed by atoms with Crippen molar-refractivity contribution in [3.8, 4) is 0 Å². The van der Waals surface area contributed by atoms with Gasteiger partial charge in [-0.15, -0.1) is 0 Å². The van der Waals surface area contributed by atoms with E-state index in [0.717, 1.165) is 18.4 Å². The molecule has 3 fully saturated rings. The molecule has 0 radical (unpaired) electrons. The van der Waals surface area contributed by atoms with Crippen LogP contribution in [0.1, 0.15) is 47.6 Å². The Bertz CT molecular complexity index is 988. The van der Waals surface area contributed by atoms with Crippen molar-refractivity contribution in [2.75, 3.05) is 13.1 Å². The molecule has 4 heterocycles. The van der Waals surface area contributed by atoms with Crippen LogP contribution in [0.3, 0.4) is 0 Å². The van der Waals surface area contributed by atoms with Gasteiger partial charge in [-0.05, 0) is 41.3 Å². The van der Waals surface area contributed by atoms with Gasteiger partial charge in [0.1, 0.15) is 6.23 Å². The molecule has 1 aromatic heterocycles. The Morgan fingerprint density at radius 1 is 1.17 bits per heavy atom. The van der Waals surface area contributed by atoms with Gasteiger partial charge >= 0.3 is 0 Å². The number of nitrogens with zero attached hydrogens (tertiary/aromatic N) is 3. The number of hydrogen-bond donors (Lipinski definition) is 0. The Hall–Kier alpha value is -2.69. The van der Waals surface area contributed by atoms with Crippen LogP contribution >= 0.6 is 11.3 Å². The number of benzene rings is 1. The third kappa shape index (κ3) is 2.86. The molecule has 3 aliphatic rings. The molecule has 2 atom stereocenters. The predicted molar refractivity (Wildman–Crippen MR) is 109 cm³/mol. The van der Waals surface area contributed by atoms with E-state index in [4.69, 9.17) is 11.3 Å². The van der Waals surface area contributed by atoms with Crippen LogP contribution in [0.4, 0.5) is 5.69 Å². The summed E-state index contributed by atoms with van der Waals surface area (Å²) < 4.78 is 6.33. The van der Waals surface area contributed by atoms with Crippen molar-refractivity contribution in [2.24, 2.45) is 0 Å². The summed E-state index contributed by atoms with van der Waals surface area (Å²) in [7, 11) is 0. The van der Waals surface area contributed by atoms with Gasteiger partial charge in [0.15, 0.2) is 5.60 Å². The molecule has 0 N–H and O–H groups in total. The third-order valence-electron chi connectivity index (χ3n) is 6.35. The monoisotopic (exact) mass is 407 g/mol. The summed E-state index contributed by atoms with van der Waals surface area (Å²) in [4.78, 5) is 33.5. The molecule has 1 aromatic carbocycles. The summed E-state index contributed by atoms with van der Waals surface area (Å²) in [5, 5.41) is 3.83. The number of carbonyl (C=O) groups excluding carboxylic acids is 2. The molecule has 0 aliphatic carbocycles. The van der Waals surface area contributed by atoms with Gasteiger partial charge < -0.3 is 14.5 Å². The van der Waals surface area contributed by atoms with E-state index in [9.17, 15) is 9.59 Å². The second-order valence-electron chi connectivity index (χ2n) is 7.85. The molecule has 2 amide bonds. The van der Waals surface area contributed by atoms with Crippen LogP contribution < -0.4 is 0 Å². The van der Waals surface area contributed by atoms with Crippen molar-refractivity contribution >= 4 is 28.8 Å². The fraction of sp³-hybridized carbons (Fsp3) is 0.409. The predicted octanol–water partition coefficient (Wildman–Crippen LogP) is 3.99. The Balaban J connectivity index is 1.32. The molecular weight excluding hydrogens is 386 g/mol. The summed E-state index contributed by atoms with van der Waals surface area (Å²) >= 11 is 1.50. The van der Waals surface area contributed by atoms with Crippen LogP contribution in [0.5, 0.6) is 0 Å². The van der Waals surface area contributed by atoms with Crippen molar-refractivity contribution in [1.29, 1.82) is 0 Å². The summed E-state index contributed by atoms with van der Waals surface area (Å²) in [6, 6.07) is 9.17. The van der Waals surface area contributed by atoms with E-state index in [1.54, 1.807) is 0 Å². The zero-order chi connectivity index (χ0) is 20.0. The van der Waals surface area contributed by atoms with Gasteiger partial charge in [0.2, 0.25) is 5.69 Å². The van der Waals surface area contributed by atoms with Gasteiger partial charge in [-0.25, -0.2) is 4.85 Å². The minimum Gasteiger partial charge on any atom is -0.342 e. The number of piperidine rings is 1. The van der Waals surface area contributed by atoms with Gasteiger partial charge in [-0.2, -0.15) is 11.3 Å². The van der Waals surface area contributed by atoms with Crippen LogP contribution in [0.25, 0.3) is 4.85 Å². The van der Waals surface area contributed by atoms with Crippen LogP contribution in [0, 0.1) is 6.57 Å². The van der Waals surface area contributed by atoms with Crippen molar-refractivity contribution in [2.45, 2.75) is 43.6 Å². The minimum absolute atomic E-state index is 0.00393. The van der Waals surface area contributed by atoms with Gasteiger partial charge in [0, 0.05) is 31.5 Å². The fourth-order valence-corrected chi connectivity index (χ4v) is 5.64. The van der Waals surface area contributed by atoms with Crippen molar-refractivity contribution in [3.63, 3.8) is 0 Å². The molecule has 0 bridgehead atoms. The zero-order valence-corrected chi connectivity index (χ0v) is 16.7. The summed E-state index contributed by atoms with van der Waals surface area (Å²) in [5.41, 5.74) is 1.42. The number of likely N-dealkylation sites (tertiary alicyclic amines) is 1. The Morgan fingerprint density at radius 3 is 2.66 bits per heavy atom. The lowest BCUT2D eigenvalue weighted by Gasteiger charge is -2.37. The summed E-state index contributed by atoms with van der Waals surface area (Å²) in [6.45, 7) is 8.41. The molecule has 5 rings (SSSR count). The van der Waals surface area contributed by atoms with E-state index in [2.05, 4.69) is 4.85 Å². The van der Waals surface area contributed by atoms with E-state index in [-0.39, 0.29) is 24.1 Å². The lowest BCUT2D eigenvalue weighted by Crippen LogP contribution is -2.51. The standard InChI is InChI=1S/C22H21N3O3S/c1-23-17-14-29-13-16(17)18-7-8-19-25(18)21(27)22(28-19)9-11-24(12-10-22)20(26)15-5-3-2-4-6-15/h2-6,13-14,18-19H,7-12H2. The normalized spacial score (nSPS) is 25.3. The van der Waals surface area contributed by atoms with E-state index >= 15 is 0 Å². The minimum atomic E-state index is -0.828. The number of fused-ring (bicyclic) bond motifs is 1. The van der Waals surface area contributed by atoms with Crippen molar-refractivity contribution < 1.29 is 14.3 Å². The molecule has 7 heteroatoms. The highest BCUT2D eigenvalue weighted by atomic mass is 32.1. The second kappa shape index (κ2) is 6.97. The van der Waals surface area contributed by atoms with Crippen LogP contribution in [-0.4, -0.2) is 46.5 Å². The molecule has 6 nitrogen and oxygen atoms in total. The van der Waals surface area contributed by atoms with Crippen molar-refractivity contribution in [1.82, 2.24) is 9.80 Å². The average Bonchev–Trinajstić information content (AvgIpc) is 3.45. The van der Waals surface area contributed by atoms with Crippen LogP contribution in [0.2, 0.25) is 0 Å². The maximum Gasteiger partial charge on any atom is 0.257 e. The molecule has 2 aromatic rings. The molecule has 1 spiro atoms. The van der Waals surface area contributed by atoms with Crippen molar-refractivity contribution in [3.05, 3.63) is 63.6 Å². The van der Waals surface area contributed by atoms with E-state index in [0.29, 0.717) is 37.2 Å². The Morgan fingerprint density at radius 2 is 1.93 bits per heavy atom. The highest BCUT2D eigenvalue weighted by Crippen LogP contribution is 2.49. The number of rotatable bonds is 2. The number of amides is 2. The third-order valence-corrected chi connectivity index (χ3v) is 7.10. The maximum atomic E-state index is 13.4. The zero-order valence-electron chi connectivity index (χ0n) is 15.9. The molecule has 148 valence electrons. The molecule has 0 saturated carbocycles. The smallest absolute Gasteiger partial charge is 0.257 e. The highest BCUT2D eigenvalue weighted by Gasteiger charge is 2.58. The first-order valence-corrected chi connectivity index (χ1v) is 10.9. The molecule has 3 aliphatic heterocycles.